The fourth-order valence-corrected chi connectivity index (χ4v) is 1.78. The van der Waals surface area contributed by atoms with Gasteiger partial charge in [-0.3, -0.25) is 0 Å². The first-order valence-corrected chi connectivity index (χ1v) is 5.87. The summed E-state index contributed by atoms with van der Waals surface area (Å²) in [6.45, 7) is 0.163. The molecule has 0 radical (unpaired) electrons. The minimum atomic E-state index is -0.222. The van der Waals surface area contributed by atoms with Gasteiger partial charge in [0.15, 0.2) is 0 Å². The molecule has 94 valence electrons. The van der Waals surface area contributed by atoms with Gasteiger partial charge >= 0.3 is 0 Å². The second-order valence-corrected chi connectivity index (χ2v) is 4.30. The van der Waals surface area contributed by atoms with E-state index in [0.29, 0.717) is 22.9 Å². The van der Waals surface area contributed by atoms with Crippen LogP contribution in [0.2, 0.25) is 5.02 Å². The van der Waals surface area contributed by atoms with Crippen molar-refractivity contribution in [3.05, 3.63) is 58.6 Å². The fourth-order valence-electron chi connectivity index (χ4n) is 1.57. The molecule has 0 aliphatic carbocycles. The summed E-state index contributed by atoms with van der Waals surface area (Å²) in [7, 11) is 0. The SMILES string of the molecule is OCc1cc(OCc2cccc(Cl)c2)ccc1O. The zero-order valence-corrected chi connectivity index (χ0v) is 10.4. The molecule has 0 atom stereocenters. The number of aliphatic hydroxyl groups is 1. The summed E-state index contributed by atoms with van der Waals surface area (Å²) >= 11 is 5.87. The largest absolute Gasteiger partial charge is 0.508 e. The fraction of sp³-hybridized carbons (Fsp3) is 0.143. The summed E-state index contributed by atoms with van der Waals surface area (Å²) in [6, 6.07) is 12.2. The van der Waals surface area contributed by atoms with Crippen molar-refractivity contribution in [1.82, 2.24) is 0 Å². The zero-order valence-electron chi connectivity index (χ0n) is 9.64. The predicted molar refractivity (Wildman–Crippen MR) is 69.8 cm³/mol. The topological polar surface area (TPSA) is 49.7 Å². The lowest BCUT2D eigenvalue weighted by atomic mass is 10.2. The minimum absolute atomic E-state index is 0.0626. The predicted octanol–water partition coefficient (Wildman–Crippen LogP) is 3.12. The molecule has 0 spiro atoms. The molecular formula is C14H13ClO3. The molecule has 0 aromatic heterocycles. The molecule has 2 aromatic carbocycles. The van der Waals surface area contributed by atoms with Crippen molar-refractivity contribution in [1.29, 1.82) is 0 Å². The van der Waals surface area contributed by atoms with Gasteiger partial charge in [0.2, 0.25) is 0 Å². The maximum atomic E-state index is 9.42. The van der Waals surface area contributed by atoms with Crippen molar-refractivity contribution in [2.24, 2.45) is 0 Å². The first-order chi connectivity index (χ1) is 8.69. The first-order valence-electron chi connectivity index (χ1n) is 5.49. The lowest BCUT2D eigenvalue weighted by molar-refractivity contribution is 0.271. The highest BCUT2D eigenvalue weighted by atomic mass is 35.5. The molecule has 0 fully saturated rings. The highest BCUT2D eigenvalue weighted by molar-refractivity contribution is 6.30. The molecule has 0 aliphatic heterocycles. The molecule has 2 N–H and O–H groups in total. The van der Waals surface area contributed by atoms with E-state index >= 15 is 0 Å². The quantitative estimate of drug-likeness (QED) is 0.892. The van der Waals surface area contributed by atoms with Gasteiger partial charge in [0.25, 0.3) is 0 Å². The van der Waals surface area contributed by atoms with Crippen molar-refractivity contribution in [3.8, 4) is 11.5 Å². The Labute approximate surface area is 110 Å². The molecule has 2 aromatic rings. The lowest BCUT2D eigenvalue weighted by Crippen LogP contribution is -1.96. The maximum Gasteiger partial charge on any atom is 0.121 e. The molecule has 0 bridgehead atoms. The van der Waals surface area contributed by atoms with Crippen molar-refractivity contribution in [2.45, 2.75) is 13.2 Å². The molecular weight excluding hydrogens is 252 g/mol. The molecule has 0 heterocycles. The summed E-state index contributed by atoms with van der Waals surface area (Å²) in [4.78, 5) is 0. The Hall–Kier alpha value is -1.71. The third kappa shape index (κ3) is 3.15. The summed E-state index contributed by atoms with van der Waals surface area (Å²) in [5.41, 5.74) is 1.40. The molecule has 0 amide bonds. The average molecular weight is 265 g/mol. The van der Waals surface area contributed by atoms with E-state index in [0.717, 1.165) is 5.56 Å². The monoisotopic (exact) mass is 264 g/mol. The van der Waals surface area contributed by atoms with E-state index in [9.17, 15) is 5.11 Å². The van der Waals surface area contributed by atoms with E-state index in [4.69, 9.17) is 21.4 Å². The maximum absolute atomic E-state index is 9.42. The van der Waals surface area contributed by atoms with Crippen LogP contribution >= 0.6 is 11.6 Å². The number of hydrogen-bond donors (Lipinski definition) is 2. The van der Waals surface area contributed by atoms with Gasteiger partial charge in [-0.1, -0.05) is 23.7 Å². The summed E-state index contributed by atoms with van der Waals surface area (Å²) in [6.07, 6.45) is 0. The van der Waals surface area contributed by atoms with E-state index in [1.807, 2.05) is 18.2 Å². The second-order valence-electron chi connectivity index (χ2n) is 3.87. The van der Waals surface area contributed by atoms with Crippen LogP contribution < -0.4 is 4.74 Å². The molecule has 0 saturated heterocycles. The third-order valence-corrected chi connectivity index (χ3v) is 2.75. The number of ether oxygens (including phenoxy) is 1. The van der Waals surface area contributed by atoms with Gasteiger partial charge in [0.1, 0.15) is 18.1 Å². The molecule has 0 aliphatic rings. The Balaban J connectivity index is 2.06. The average Bonchev–Trinajstić information content (AvgIpc) is 2.38. The molecule has 2 rings (SSSR count). The van der Waals surface area contributed by atoms with Gasteiger partial charge in [0, 0.05) is 10.6 Å². The van der Waals surface area contributed by atoms with Gasteiger partial charge in [-0.05, 0) is 35.9 Å². The smallest absolute Gasteiger partial charge is 0.121 e. The van der Waals surface area contributed by atoms with Crippen LogP contribution in [0.3, 0.4) is 0 Å². The van der Waals surface area contributed by atoms with Crippen LogP contribution in [0, 0.1) is 0 Å². The Kier molecular flexibility index (Phi) is 4.07. The third-order valence-electron chi connectivity index (χ3n) is 2.52. The van der Waals surface area contributed by atoms with Gasteiger partial charge in [-0.2, -0.15) is 0 Å². The van der Waals surface area contributed by atoms with Crippen molar-refractivity contribution in [3.63, 3.8) is 0 Å². The zero-order chi connectivity index (χ0) is 13.0. The van der Waals surface area contributed by atoms with Crippen LogP contribution in [-0.2, 0) is 13.2 Å². The minimum Gasteiger partial charge on any atom is -0.508 e. The van der Waals surface area contributed by atoms with E-state index in [2.05, 4.69) is 0 Å². The normalized spacial score (nSPS) is 10.3. The van der Waals surface area contributed by atoms with E-state index in [-0.39, 0.29) is 12.4 Å². The standard InChI is InChI=1S/C14H13ClO3/c15-12-3-1-2-10(6-12)9-18-13-4-5-14(17)11(7-13)8-16/h1-7,16-17H,8-9H2. The Morgan fingerprint density at radius 3 is 2.67 bits per heavy atom. The van der Waals surface area contributed by atoms with Crippen LogP contribution in [0.15, 0.2) is 42.5 Å². The number of benzene rings is 2. The molecule has 0 saturated carbocycles. The Morgan fingerprint density at radius 2 is 1.94 bits per heavy atom. The lowest BCUT2D eigenvalue weighted by Gasteiger charge is -2.08. The number of aliphatic hydroxyl groups excluding tert-OH is 1. The van der Waals surface area contributed by atoms with Crippen molar-refractivity contribution in [2.75, 3.05) is 0 Å². The Morgan fingerprint density at radius 1 is 1.11 bits per heavy atom. The van der Waals surface area contributed by atoms with Gasteiger partial charge in [-0.25, -0.2) is 0 Å². The highest BCUT2D eigenvalue weighted by Crippen LogP contribution is 2.23. The summed E-state index contributed by atoms with van der Waals surface area (Å²) in [5, 5.41) is 19.1. The van der Waals surface area contributed by atoms with Crippen LogP contribution in [-0.4, -0.2) is 10.2 Å². The number of hydrogen-bond acceptors (Lipinski definition) is 3. The van der Waals surface area contributed by atoms with Crippen LogP contribution in [0.25, 0.3) is 0 Å². The van der Waals surface area contributed by atoms with Crippen LogP contribution in [0.4, 0.5) is 0 Å². The van der Waals surface area contributed by atoms with Crippen molar-refractivity contribution >= 4 is 11.6 Å². The molecule has 3 nitrogen and oxygen atoms in total. The molecule has 4 heteroatoms. The second kappa shape index (κ2) is 5.76. The van der Waals surface area contributed by atoms with Gasteiger partial charge in [-0.15, -0.1) is 0 Å². The molecule has 0 unspecified atom stereocenters. The molecule has 18 heavy (non-hydrogen) atoms. The van der Waals surface area contributed by atoms with E-state index in [1.54, 1.807) is 18.2 Å². The summed E-state index contributed by atoms with van der Waals surface area (Å²) in [5.74, 6) is 0.657. The first kappa shape index (κ1) is 12.7. The van der Waals surface area contributed by atoms with Gasteiger partial charge in [0.05, 0.1) is 6.61 Å². The summed E-state index contributed by atoms with van der Waals surface area (Å²) < 4.78 is 5.56. The van der Waals surface area contributed by atoms with E-state index in [1.165, 1.54) is 6.07 Å². The number of halogens is 1. The van der Waals surface area contributed by atoms with Crippen molar-refractivity contribution < 1.29 is 14.9 Å². The number of rotatable bonds is 4. The highest BCUT2D eigenvalue weighted by Gasteiger charge is 2.03. The van der Waals surface area contributed by atoms with E-state index < -0.39 is 0 Å². The van der Waals surface area contributed by atoms with Crippen LogP contribution in [0.5, 0.6) is 11.5 Å². The van der Waals surface area contributed by atoms with Gasteiger partial charge < -0.3 is 14.9 Å². The number of aromatic hydroxyl groups is 1. The number of phenols is 1. The van der Waals surface area contributed by atoms with Crippen LogP contribution in [0.1, 0.15) is 11.1 Å². The Bertz CT molecular complexity index is 540.